The third-order valence-corrected chi connectivity index (χ3v) is 4.68. The van der Waals surface area contributed by atoms with Gasteiger partial charge in [-0.05, 0) is 40.1 Å². The van der Waals surface area contributed by atoms with E-state index in [-0.39, 0.29) is 11.3 Å². The molecule has 6 heteroatoms. The Balaban J connectivity index is 2.11. The first-order valence-electron chi connectivity index (χ1n) is 8.86. The highest BCUT2D eigenvalue weighted by molar-refractivity contribution is 6.46. The molecule has 1 aliphatic heterocycles. The predicted octanol–water partition coefficient (Wildman–Crippen LogP) is 2.88. The van der Waals surface area contributed by atoms with Gasteiger partial charge in [-0.1, -0.05) is 29.8 Å². The van der Waals surface area contributed by atoms with E-state index in [0.29, 0.717) is 30.2 Å². The summed E-state index contributed by atoms with van der Waals surface area (Å²) in [5.74, 6) is -0.340. The van der Waals surface area contributed by atoms with Crippen LogP contribution in [0.15, 0.2) is 46.4 Å². The van der Waals surface area contributed by atoms with Crippen molar-refractivity contribution in [3.8, 4) is 0 Å². The monoisotopic (exact) mass is 368 g/mol. The van der Waals surface area contributed by atoms with Crippen LogP contribution in [0.5, 0.6) is 0 Å². The summed E-state index contributed by atoms with van der Waals surface area (Å²) in [4.78, 5) is 28.9. The summed E-state index contributed by atoms with van der Waals surface area (Å²) in [7, 11) is 3.80. The Morgan fingerprint density at radius 3 is 2.33 bits per heavy atom. The zero-order valence-electron chi connectivity index (χ0n) is 16.0. The molecule has 0 saturated carbocycles. The van der Waals surface area contributed by atoms with Crippen molar-refractivity contribution in [3.63, 3.8) is 0 Å². The van der Waals surface area contributed by atoms with Gasteiger partial charge in [-0.25, -0.2) is 0 Å². The van der Waals surface area contributed by atoms with E-state index in [0.717, 1.165) is 5.56 Å². The Morgan fingerprint density at radius 1 is 1.11 bits per heavy atom. The molecule has 142 valence electrons. The minimum Gasteiger partial charge on any atom is -0.507 e. The maximum absolute atomic E-state index is 12.8. The van der Waals surface area contributed by atoms with Crippen molar-refractivity contribution < 1.29 is 19.1 Å². The molecule has 0 unspecified atom stereocenters. The summed E-state index contributed by atoms with van der Waals surface area (Å²) in [6.07, 6.45) is 0. The number of nitrogens with zero attached hydrogens (tertiary/aromatic N) is 2. The fourth-order valence-electron chi connectivity index (χ4n) is 3.18. The molecule has 1 fully saturated rings. The molecule has 1 saturated heterocycles. The number of likely N-dealkylation sites (N-methyl/N-ethyl adjacent to an activating group) is 1. The van der Waals surface area contributed by atoms with Crippen molar-refractivity contribution in [1.29, 1.82) is 0 Å². The lowest BCUT2D eigenvalue weighted by molar-refractivity contribution is -0.140. The van der Waals surface area contributed by atoms with Crippen molar-refractivity contribution in [2.45, 2.75) is 19.9 Å². The highest BCUT2D eigenvalue weighted by Gasteiger charge is 2.47. The van der Waals surface area contributed by atoms with Crippen LogP contribution in [0.25, 0.3) is 5.76 Å². The topological polar surface area (TPSA) is 74.0 Å². The van der Waals surface area contributed by atoms with Crippen molar-refractivity contribution in [2.24, 2.45) is 0 Å². The number of carbonyl (C=O) groups is 2. The number of rotatable bonds is 5. The fraction of sp³-hybridized carbons (Fsp3) is 0.333. The summed E-state index contributed by atoms with van der Waals surface area (Å²) >= 11 is 0. The molecule has 1 atom stereocenters. The molecule has 1 aromatic carbocycles. The third kappa shape index (κ3) is 3.66. The fourth-order valence-corrected chi connectivity index (χ4v) is 3.18. The Hall–Kier alpha value is -2.86. The maximum Gasteiger partial charge on any atom is 0.295 e. The lowest BCUT2D eigenvalue weighted by Gasteiger charge is -2.24. The number of aryl methyl sites for hydroxylation is 2. The van der Waals surface area contributed by atoms with Gasteiger partial charge < -0.3 is 19.3 Å². The van der Waals surface area contributed by atoms with Crippen LogP contribution < -0.4 is 0 Å². The van der Waals surface area contributed by atoms with E-state index in [1.54, 1.807) is 31.2 Å². The van der Waals surface area contributed by atoms with Crippen molar-refractivity contribution in [3.05, 3.63) is 64.6 Å². The number of carbonyl (C=O) groups excluding carboxylic acids is 2. The smallest absolute Gasteiger partial charge is 0.295 e. The van der Waals surface area contributed by atoms with Gasteiger partial charge in [0.25, 0.3) is 11.7 Å². The molecule has 0 bridgehead atoms. The minimum absolute atomic E-state index is 0.0666. The van der Waals surface area contributed by atoms with Gasteiger partial charge in [0, 0.05) is 18.7 Å². The molecule has 1 N–H and O–H groups in total. The number of likely N-dealkylation sites (tertiary alicyclic amines) is 1. The number of Topliss-reactive ketones (excluding diaryl/α,β-unsaturated/α-hetero) is 1. The minimum atomic E-state index is -0.736. The van der Waals surface area contributed by atoms with Gasteiger partial charge in [-0.15, -0.1) is 0 Å². The Kier molecular flexibility index (Phi) is 5.19. The number of benzene rings is 1. The lowest BCUT2D eigenvalue weighted by atomic mass is 9.99. The molecule has 6 nitrogen and oxygen atoms in total. The van der Waals surface area contributed by atoms with Crippen LogP contribution in [0.2, 0.25) is 0 Å². The lowest BCUT2D eigenvalue weighted by Crippen LogP contribution is -2.35. The molecule has 2 aromatic rings. The average molecular weight is 368 g/mol. The Labute approximate surface area is 158 Å². The largest absolute Gasteiger partial charge is 0.507 e. The van der Waals surface area contributed by atoms with Crippen LogP contribution in [0.4, 0.5) is 0 Å². The first kappa shape index (κ1) is 18.9. The number of amides is 1. The van der Waals surface area contributed by atoms with E-state index in [1.165, 1.54) is 4.90 Å². The number of aliphatic hydroxyl groups is 1. The van der Waals surface area contributed by atoms with Crippen LogP contribution in [0.3, 0.4) is 0 Å². The molecule has 2 heterocycles. The molecule has 3 rings (SSSR count). The summed E-state index contributed by atoms with van der Waals surface area (Å²) < 4.78 is 5.73. The van der Waals surface area contributed by atoms with Gasteiger partial charge in [-0.2, -0.15) is 0 Å². The van der Waals surface area contributed by atoms with Gasteiger partial charge in [0.2, 0.25) is 0 Å². The highest BCUT2D eigenvalue weighted by atomic mass is 16.3. The van der Waals surface area contributed by atoms with E-state index >= 15 is 0 Å². The second-order valence-electron chi connectivity index (χ2n) is 7.11. The zero-order valence-corrected chi connectivity index (χ0v) is 16.0. The zero-order chi connectivity index (χ0) is 19.7. The maximum atomic E-state index is 12.8. The number of hydrogen-bond acceptors (Lipinski definition) is 5. The van der Waals surface area contributed by atoms with Gasteiger partial charge in [0.05, 0.1) is 5.57 Å². The molecule has 1 amide bonds. The number of furan rings is 1. The standard InChI is InChI=1S/C21H24N2O4/c1-13-5-8-15(9-6-13)19(24)17-18(16-10-7-14(2)27-16)23(12-11-22(3)4)21(26)20(17)25/h5-10,18,24H,11-12H2,1-4H3/b19-17+/t18-/m0/s1. The summed E-state index contributed by atoms with van der Waals surface area (Å²) in [6.45, 7) is 4.69. The predicted molar refractivity (Wildman–Crippen MR) is 102 cm³/mol. The molecular weight excluding hydrogens is 344 g/mol. The second-order valence-corrected chi connectivity index (χ2v) is 7.11. The molecular formula is C21H24N2O4. The van der Waals surface area contributed by atoms with Gasteiger partial charge in [-0.3, -0.25) is 9.59 Å². The molecule has 27 heavy (non-hydrogen) atoms. The number of ketones is 1. The average Bonchev–Trinajstić information content (AvgIpc) is 3.15. The molecule has 1 aromatic heterocycles. The molecule has 1 aliphatic rings. The van der Waals surface area contributed by atoms with E-state index in [1.807, 2.05) is 38.1 Å². The Morgan fingerprint density at radius 2 is 1.78 bits per heavy atom. The van der Waals surface area contributed by atoms with E-state index in [4.69, 9.17) is 4.42 Å². The quantitative estimate of drug-likeness (QED) is 0.499. The number of hydrogen-bond donors (Lipinski definition) is 1. The van der Waals surface area contributed by atoms with Crippen molar-refractivity contribution in [1.82, 2.24) is 9.80 Å². The van der Waals surface area contributed by atoms with Crippen LogP contribution in [-0.2, 0) is 9.59 Å². The highest BCUT2D eigenvalue weighted by Crippen LogP contribution is 2.39. The van der Waals surface area contributed by atoms with E-state index in [9.17, 15) is 14.7 Å². The molecule has 0 aliphatic carbocycles. The SMILES string of the molecule is Cc1ccc(/C(O)=C2\C(=O)C(=O)N(CCN(C)C)[C@H]2c2ccc(C)o2)cc1. The summed E-state index contributed by atoms with van der Waals surface area (Å²) in [5, 5.41) is 10.9. The first-order chi connectivity index (χ1) is 12.8. The second kappa shape index (κ2) is 7.40. The van der Waals surface area contributed by atoms with Crippen LogP contribution in [0.1, 0.15) is 28.7 Å². The van der Waals surface area contributed by atoms with E-state index in [2.05, 4.69) is 0 Å². The van der Waals surface area contributed by atoms with Crippen LogP contribution in [0, 0.1) is 13.8 Å². The van der Waals surface area contributed by atoms with Crippen molar-refractivity contribution in [2.75, 3.05) is 27.2 Å². The van der Waals surface area contributed by atoms with Gasteiger partial charge in [0.1, 0.15) is 23.3 Å². The van der Waals surface area contributed by atoms with Crippen LogP contribution >= 0.6 is 0 Å². The third-order valence-electron chi connectivity index (χ3n) is 4.68. The summed E-state index contributed by atoms with van der Waals surface area (Å²) in [6, 6.07) is 9.97. The normalized spacial score (nSPS) is 19.3. The molecule has 0 radical (unpaired) electrons. The molecule has 0 spiro atoms. The van der Waals surface area contributed by atoms with Gasteiger partial charge in [0.15, 0.2) is 0 Å². The van der Waals surface area contributed by atoms with Crippen LogP contribution in [-0.4, -0.2) is 53.8 Å². The Bertz CT molecular complexity index is 893. The number of aliphatic hydroxyl groups excluding tert-OH is 1. The van der Waals surface area contributed by atoms with E-state index < -0.39 is 17.7 Å². The first-order valence-corrected chi connectivity index (χ1v) is 8.86. The summed E-state index contributed by atoms with van der Waals surface area (Å²) in [5.41, 5.74) is 1.60. The van der Waals surface area contributed by atoms with Crippen molar-refractivity contribution >= 4 is 17.4 Å². The van der Waals surface area contributed by atoms with Gasteiger partial charge >= 0.3 is 0 Å².